The molecule has 1 fully saturated rings. The van der Waals surface area contributed by atoms with Crippen molar-refractivity contribution in [1.29, 1.82) is 0 Å². The minimum Gasteiger partial charge on any atom is -0.508 e. The van der Waals surface area contributed by atoms with Gasteiger partial charge in [-0.05, 0) is 66.6 Å². The van der Waals surface area contributed by atoms with E-state index in [0.29, 0.717) is 31.1 Å². The molecule has 1 saturated heterocycles. The number of fused-ring (bicyclic) bond motifs is 1. The Kier molecular flexibility index (Phi) is 5.61. The van der Waals surface area contributed by atoms with Crippen LogP contribution in [0.1, 0.15) is 29.5 Å². The van der Waals surface area contributed by atoms with E-state index in [1.54, 1.807) is 35.2 Å². The molecule has 1 heterocycles. The number of carbonyl (C=O) groups excluding carboxylic acids is 1. The molecule has 0 bridgehead atoms. The quantitative estimate of drug-likeness (QED) is 0.833. The number of nitrogens with zero attached hydrogens (tertiary/aromatic N) is 2. The molecule has 154 valence electrons. The normalized spacial score (nSPS) is 17.7. The van der Waals surface area contributed by atoms with Crippen molar-refractivity contribution in [2.24, 2.45) is 0 Å². The van der Waals surface area contributed by atoms with Crippen molar-refractivity contribution in [1.82, 2.24) is 9.21 Å². The first-order valence-corrected chi connectivity index (χ1v) is 11.5. The van der Waals surface area contributed by atoms with Gasteiger partial charge in [0.2, 0.25) is 15.9 Å². The number of benzene rings is 2. The fourth-order valence-electron chi connectivity index (χ4n) is 4.10. The second-order valence-corrected chi connectivity index (χ2v) is 9.70. The number of phenolic OH excluding ortho intramolecular Hbond substituents is 1. The highest BCUT2D eigenvalue weighted by molar-refractivity contribution is 7.89. The van der Waals surface area contributed by atoms with E-state index >= 15 is 0 Å². The molecule has 29 heavy (non-hydrogen) atoms. The molecule has 1 N–H and O–H groups in total. The fraction of sp³-hybridized carbons (Fsp3) is 0.409. The fourth-order valence-corrected chi connectivity index (χ4v) is 5.57. The summed E-state index contributed by atoms with van der Waals surface area (Å²) in [7, 11) is -3.54. The minimum absolute atomic E-state index is 0.0264. The first-order chi connectivity index (χ1) is 13.9. The lowest BCUT2D eigenvalue weighted by Crippen LogP contribution is -2.50. The van der Waals surface area contributed by atoms with Crippen molar-refractivity contribution >= 4 is 15.9 Å². The summed E-state index contributed by atoms with van der Waals surface area (Å²) < 4.78 is 27.6. The molecule has 6 nitrogen and oxygen atoms in total. The molecular formula is C22H26N2O4S. The van der Waals surface area contributed by atoms with Crippen LogP contribution in [0.4, 0.5) is 0 Å². The molecule has 0 saturated carbocycles. The predicted octanol–water partition coefficient (Wildman–Crippen LogP) is 2.35. The van der Waals surface area contributed by atoms with Gasteiger partial charge in [-0.1, -0.05) is 18.2 Å². The topological polar surface area (TPSA) is 77.9 Å². The Morgan fingerprint density at radius 1 is 0.897 bits per heavy atom. The molecule has 7 heteroatoms. The van der Waals surface area contributed by atoms with E-state index in [0.717, 1.165) is 30.4 Å². The first kappa shape index (κ1) is 19.9. The van der Waals surface area contributed by atoms with Gasteiger partial charge in [-0.3, -0.25) is 4.79 Å². The minimum atomic E-state index is -3.54. The smallest absolute Gasteiger partial charge is 0.243 e. The number of carbonyl (C=O) groups is 1. The van der Waals surface area contributed by atoms with Crippen LogP contribution < -0.4 is 0 Å². The number of amides is 1. The van der Waals surface area contributed by atoms with Crippen LogP contribution in [0.5, 0.6) is 5.75 Å². The Bertz CT molecular complexity index is 994. The number of aryl methyl sites for hydroxylation is 2. The lowest BCUT2D eigenvalue weighted by Gasteiger charge is -2.34. The highest BCUT2D eigenvalue weighted by Crippen LogP contribution is 2.26. The number of aromatic hydroxyl groups is 1. The van der Waals surface area contributed by atoms with Crippen LogP contribution in [-0.2, 0) is 34.1 Å². The second-order valence-electron chi connectivity index (χ2n) is 7.77. The van der Waals surface area contributed by atoms with E-state index in [1.807, 2.05) is 12.1 Å². The van der Waals surface area contributed by atoms with Gasteiger partial charge in [-0.2, -0.15) is 4.31 Å². The zero-order valence-electron chi connectivity index (χ0n) is 16.4. The van der Waals surface area contributed by atoms with Crippen molar-refractivity contribution in [3.63, 3.8) is 0 Å². The Morgan fingerprint density at radius 3 is 2.24 bits per heavy atom. The number of hydrogen-bond acceptors (Lipinski definition) is 4. The summed E-state index contributed by atoms with van der Waals surface area (Å²) in [6, 6.07) is 12.1. The number of phenols is 1. The van der Waals surface area contributed by atoms with Crippen molar-refractivity contribution < 1.29 is 18.3 Å². The summed E-state index contributed by atoms with van der Waals surface area (Å²) in [4.78, 5) is 14.6. The van der Waals surface area contributed by atoms with E-state index in [2.05, 4.69) is 0 Å². The summed E-state index contributed by atoms with van der Waals surface area (Å²) in [6.45, 7) is 1.39. The average molecular weight is 415 g/mol. The van der Waals surface area contributed by atoms with Crippen molar-refractivity contribution in [3.8, 4) is 5.75 Å². The lowest BCUT2D eigenvalue weighted by atomic mass is 9.92. The number of sulfonamides is 1. The number of rotatable bonds is 4. The van der Waals surface area contributed by atoms with Gasteiger partial charge in [0.05, 0.1) is 11.3 Å². The molecule has 0 aromatic heterocycles. The largest absolute Gasteiger partial charge is 0.508 e. The van der Waals surface area contributed by atoms with Gasteiger partial charge in [0.1, 0.15) is 5.75 Å². The van der Waals surface area contributed by atoms with Crippen LogP contribution in [-0.4, -0.2) is 54.8 Å². The molecule has 0 atom stereocenters. The maximum Gasteiger partial charge on any atom is 0.243 e. The van der Waals surface area contributed by atoms with Gasteiger partial charge in [0, 0.05) is 26.2 Å². The third-order valence-electron chi connectivity index (χ3n) is 5.84. The summed E-state index contributed by atoms with van der Waals surface area (Å²) in [5, 5.41) is 9.35. The van der Waals surface area contributed by atoms with E-state index in [9.17, 15) is 18.3 Å². The Morgan fingerprint density at radius 2 is 1.55 bits per heavy atom. The monoisotopic (exact) mass is 414 g/mol. The molecule has 1 aliphatic carbocycles. The van der Waals surface area contributed by atoms with Crippen LogP contribution in [0.2, 0.25) is 0 Å². The Hall–Kier alpha value is -2.38. The van der Waals surface area contributed by atoms with Gasteiger partial charge in [-0.15, -0.1) is 0 Å². The number of piperazine rings is 1. The van der Waals surface area contributed by atoms with E-state index in [1.165, 1.54) is 16.3 Å². The molecule has 2 aromatic rings. The molecule has 0 unspecified atom stereocenters. The molecule has 2 aromatic carbocycles. The van der Waals surface area contributed by atoms with E-state index in [-0.39, 0.29) is 18.1 Å². The Labute approximate surface area is 171 Å². The van der Waals surface area contributed by atoms with Crippen LogP contribution in [0.25, 0.3) is 0 Å². The van der Waals surface area contributed by atoms with Crippen molar-refractivity contribution in [2.75, 3.05) is 26.2 Å². The van der Waals surface area contributed by atoms with Gasteiger partial charge < -0.3 is 10.0 Å². The standard InChI is InChI=1S/C22H26N2O4S/c25-20-8-5-17(6-9-20)15-22(26)23-11-13-24(14-12-23)29(27,28)21-10-7-18-3-1-2-4-19(18)16-21/h5-10,16,25H,1-4,11-15H2. The van der Waals surface area contributed by atoms with Crippen molar-refractivity contribution in [2.45, 2.75) is 37.0 Å². The van der Waals surface area contributed by atoms with Crippen LogP contribution >= 0.6 is 0 Å². The highest BCUT2D eigenvalue weighted by atomic mass is 32.2. The van der Waals surface area contributed by atoms with Crippen LogP contribution in [0.3, 0.4) is 0 Å². The zero-order chi connectivity index (χ0) is 20.4. The van der Waals surface area contributed by atoms with E-state index < -0.39 is 10.0 Å². The van der Waals surface area contributed by atoms with Gasteiger partial charge in [0.15, 0.2) is 0 Å². The maximum atomic E-state index is 13.1. The zero-order valence-corrected chi connectivity index (χ0v) is 17.2. The Balaban J connectivity index is 1.39. The summed E-state index contributed by atoms with van der Waals surface area (Å²) in [5.41, 5.74) is 3.25. The third-order valence-corrected chi connectivity index (χ3v) is 7.74. The third kappa shape index (κ3) is 4.31. The highest BCUT2D eigenvalue weighted by Gasteiger charge is 2.30. The molecule has 4 rings (SSSR count). The molecule has 1 aliphatic heterocycles. The molecule has 0 radical (unpaired) electrons. The summed E-state index contributed by atoms with van der Waals surface area (Å²) >= 11 is 0. The second kappa shape index (κ2) is 8.16. The molecule has 2 aliphatic rings. The van der Waals surface area contributed by atoms with Gasteiger partial charge in [-0.25, -0.2) is 8.42 Å². The molecular weight excluding hydrogens is 388 g/mol. The van der Waals surface area contributed by atoms with E-state index in [4.69, 9.17) is 0 Å². The molecule has 0 spiro atoms. The lowest BCUT2D eigenvalue weighted by molar-refractivity contribution is -0.131. The van der Waals surface area contributed by atoms with Crippen molar-refractivity contribution in [3.05, 3.63) is 59.2 Å². The number of hydrogen-bond donors (Lipinski definition) is 1. The summed E-state index contributed by atoms with van der Waals surface area (Å²) in [6.07, 6.45) is 4.49. The predicted molar refractivity (Wildman–Crippen MR) is 110 cm³/mol. The van der Waals surface area contributed by atoms with Crippen LogP contribution in [0.15, 0.2) is 47.4 Å². The first-order valence-electron chi connectivity index (χ1n) is 10.1. The van der Waals surface area contributed by atoms with Crippen LogP contribution in [0, 0.1) is 0 Å². The SMILES string of the molecule is O=C(Cc1ccc(O)cc1)N1CCN(S(=O)(=O)c2ccc3c(c2)CCCC3)CC1. The average Bonchev–Trinajstić information content (AvgIpc) is 2.75. The summed E-state index contributed by atoms with van der Waals surface area (Å²) in [5.74, 6) is 0.142. The maximum absolute atomic E-state index is 13.1. The van der Waals surface area contributed by atoms with Gasteiger partial charge in [0.25, 0.3) is 0 Å². The van der Waals surface area contributed by atoms with Gasteiger partial charge >= 0.3 is 0 Å². The molecule has 1 amide bonds.